The van der Waals surface area contributed by atoms with Crippen molar-refractivity contribution in [2.45, 2.75) is 39.5 Å². The van der Waals surface area contributed by atoms with E-state index in [1.807, 2.05) is 0 Å². The highest BCUT2D eigenvalue weighted by molar-refractivity contribution is 7.80. The largest absolute Gasteiger partial charge is 0.303 e. The third kappa shape index (κ3) is 4.70. The molecule has 0 aromatic carbocycles. The van der Waals surface area contributed by atoms with Gasteiger partial charge in [0.2, 0.25) is 0 Å². The van der Waals surface area contributed by atoms with Crippen molar-refractivity contribution in [1.82, 2.24) is 4.90 Å². The molecule has 0 amide bonds. The minimum atomic E-state index is 0.852. The number of hydrogen-bond acceptors (Lipinski definition) is 2. The highest BCUT2D eigenvalue weighted by Gasteiger charge is 2.16. The minimum absolute atomic E-state index is 0.852. The van der Waals surface area contributed by atoms with Gasteiger partial charge in [0.05, 0.1) is 0 Å². The van der Waals surface area contributed by atoms with Gasteiger partial charge in [0, 0.05) is 6.54 Å². The van der Waals surface area contributed by atoms with E-state index < -0.39 is 0 Å². The number of nitrogens with zero attached hydrogens (tertiary/aromatic N) is 1. The van der Waals surface area contributed by atoms with Crippen LogP contribution in [0.5, 0.6) is 0 Å². The number of piperidine rings is 1. The Balaban J connectivity index is 2.10. The molecule has 0 aliphatic carbocycles. The van der Waals surface area contributed by atoms with Gasteiger partial charge in [0.1, 0.15) is 0 Å². The Bertz CT molecular complexity index is 149. The molecule has 1 nitrogen and oxygen atoms in total. The molecule has 2 heteroatoms. The Morgan fingerprint density at radius 1 is 1.43 bits per heavy atom. The summed E-state index contributed by atoms with van der Waals surface area (Å²) in [6.07, 6.45) is 5.46. The Morgan fingerprint density at radius 3 is 2.86 bits per heavy atom. The van der Waals surface area contributed by atoms with E-state index in [9.17, 15) is 0 Å². The first-order valence-electron chi connectivity index (χ1n) is 6.05. The topological polar surface area (TPSA) is 3.24 Å². The second-order valence-electron chi connectivity index (χ2n) is 4.95. The van der Waals surface area contributed by atoms with Gasteiger partial charge in [-0.3, -0.25) is 0 Å². The summed E-state index contributed by atoms with van der Waals surface area (Å²) in [6, 6.07) is 0. The fourth-order valence-corrected chi connectivity index (χ4v) is 2.70. The zero-order chi connectivity index (χ0) is 10.4. The van der Waals surface area contributed by atoms with E-state index >= 15 is 0 Å². The van der Waals surface area contributed by atoms with Crippen molar-refractivity contribution < 1.29 is 0 Å². The molecule has 2 atom stereocenters. The quantitative estimate of drug-likeness (QED) is 0.690. The summed E-state index contributed by atoms with van der Waals surface area (Å²) in [7, 11) is 0. The summed E-state index contributed by atoms with van der Waals surface area (Å²) >= 11 is 4.28. The van der Waals surface area contributed by atoms with Gasteiger partial charge in [-0.1, -0.05) is 13.8 Å². The summed E-state index contributed by atoms with van der Waals surface area (Å²) in [5.74, 6) is 2.81. The highest BCUT2D eigenvalue weighted by atomic mass is 32.1. The molecule has 0 radical (unpaired) electrons. The molecule has 1 aliphatic heterocycles. The molecule has 0 aromatic rings. The Morgan fingerprint density at radius 2 is 2.21 bits per heavy atom. The fraction of sp³-hybridized carbons (Fsp3) is 1.00. The SMILES string of the molecule is CC(CCS)CCN1CCCC(C)C1. The minimum Gasteiger partial charge on any atom is -0.303 e. The summed E-state index contributed by atoms with van der Waals surface area (Å²) in [4.78, 5) is 2.64. The Hall–Kier alpha value is 0.310. The second-order valence-corrected chi connectivity index (χ2v) is 5.40. The summed E-state index contributed by atoms with van der Waals surface area (Å²) in [6.45, 7) is 8.69. The maximum absolute atomic E-state index is 4.28. The molecular formula is C12H25NS. The van der Waals surface area contributed by atoms with Crippen LogP contribution in [0.15, 0.2) is 0 Å². The van der Waals surface area contributed by atoms with Crippen LogP contribution in [-0.4, -0.2) is 30.3 Å². The van der Waals surface area contributed by atoms with Crippen LogP contribution >= 0.6 is 12.6 Å². The van der Waals surface area contributed by atoms with Crippen LogP contribution < -0.4 is 0 Å². The number of hydrogen-bond donors (Lipinski definition) is 1. The normalized spacial score (nSPS) is 26.4. The van der Waals surface area contributed by atoms with Gasteiger partial charge in [-0.2, -0.15) is 12.6 Å². The molecule has 14 heavy (non-hydrogen) atoms. The summed E-state index contributed by atoms with van der Waals surface area (Å²) < 4.78 is 0. The second kappa shape index (κ2) is 6.73. The standard InChI is InChI=1S/C12H25NS/c1-11(6-9-14)5-8-13-7-3-4-12(2)10-13/h11-12,14H,3-10H2,1-2H3. The lowest BCUT2D eigenvalue weighted by molar-refractivity contribution is 0.174. The van der Waals surface area contributed by atoms with Crippen molar-refractivity contribution in [3.05, 3.63) is 0 Å². The van der Waals surface area contributed by atoms with Gasteiger partial charge >= 0.3 is 0 Å². The first-order chi connectivity index (χ1) is 6.72. The van der Waals surface area contributed by atoms with Crippen LogP contribution in [0.3, 0.4) is 0 Å². The van der Waals surface area contributed by atoms with Gasteiger partial charge in [-0.15, -0.1) is 0 Å². The molecule has 0 saturated carbocycles. The van der Waals surface area contributed by atoms with Crippen molar-refractivity contribution in [2.24, 2.45) is 11.8 Å². The van der Waals surface area contributed by atoms with Crippen molar-refractivity contribution >= 4 is 12.6 Å². The molecular weight excluding hydrogens is 190 g/mol. The first-order valence-corrected chi connectivity index (χ1v) is 6.69. The van der Waals surface area contributed by atoms with Crippen LogP contribution in [-0.2, 0) is 0 Å². The zero-order valence-electron chi connectivity index (χ0n) is 9.71. The van der Waals surface area contributed by atoms with Crippen LogP contribution in [0.2, 0.25) is 0 Å². The third-order valence-corrected chi connectivity index (χ3v) is 3.56. The van der Waals surface area contributed by atoms with Crippen LogP contribution in [0.25, 0.3) is 0 Å². The van der Waals surface area contributed by atoms with E-state index in [2.05, 4.69) is 31.4 Å². The van der Waals surface area contributed by atoms with Gasteiger partial charge in [0.25, 0.3) is 0 Å². The average molecular weight is 215 g/mol. The molecule has 1 fully saturated rings. The summed E-state index contributed by atoms with van der Waals surface area (Å²) in [5.41, 5.74) is 0. The lowest BCUT2D eigenvalue weighted by Crippen LogP contribution is -2.35. The predicted octanol–water partition coefficient (Wildman–Crippen LogP) is 3.06. The van der Waals surface area contributed by atoms with Crippen LogP contribution in [0.1, 0.15) is 39.5 Å². The predicted molar refractivity (Wildman–Crippen MR) is 67.1 cm³/mol. The van der Waals surface area contributed by atoms with E-state index in [1.165, 1.54) is 45.3 Å². The molecule has 2 unspecified atom stereocenters. The number of thiol groups is 1. The zero-order valence-corrected chi connectivity index (χ0v) is 10.6. The number of likely N-dealkylation sites (tertiary alicyclic amines) is 1. The van der Waals surface area contributed by atoms with E-state index in [1.54, 1.807) is 0 Å². The maximum atomic E-state index is 4.28. The molecule has 84 valence electrons. The highest BCUT2D eigenvalue weighted by Crippen LogP contribution is 2.17. The van der Waals surface area contributed by atoms with E-state index in [-0.39, 0.29) is 0 Å². The van der Waals surface area contributed by atoms with Crippen molar-refractivity contribution in [3.63, 3.8) is 0 Å². The fourth-order valence-electron chi connectivity index (χ4n) is 2.26. The van der Waals surface area contributed by atoms with Crippen LogP contribution in [0.4, 0.5) is 0 Å². The van der Waals surface area contributed by atoms with Gasteiger partial charge in [-0.25, -0.2) is 0 Å². The lowest BCUT2D eigenvalue weighted by Gasteiger charge is -2.31. The Labute approximate surface area is 94.7 Å². The van der Waals surface area contributed by atoms with Crippen molar-refractivity contribution in [1.29, 1.82) is 0 Å². The molecule has 1 aliphatic rings. The molecule has 1 rings (SSSR count). The monoisotopic (exact) mass is 215 g/mol. The molecule has 0 aromatic heterocycles. The Kier molecular flexibility index (Phi) is 5.95. The average Bonchev–Trinajstić information content (AvgIpc) is 2.15. The molecule has 0 N–H and O–H groups in total. The van der Waals surface area contributed by atoms with E-state index in [0.29, 0.717) is 0 Å². The van der Waals surface area contributed by atoms with Gasteiger partial charge in [0.15, 0.2) is 0 Å². The third-order valence-electron chi connectivity index (χ3n) is 3.30. The first kappa shape index (κ1) is 12.4. The van der Waals surface area contributed by atoms with Crippen molar-refractivity contribution in [3.8, 4) is 0 Å². The van der Waals surface area contributed by atoms with Gasteiger partial charge in [-0.05, 0) is 56.4 Å². The maximum Gasteiger partial charge on any atom is 0.000703 e. The molecule has 0 bridgehead atoms. The lowest BCUT2D eigenvalue weighted by atomic mass is 9.99. The molecule has 1 saturated heterocycles. The summed E-state index contributed by atoms with van der Waals surface area (Å²) in [5, 5.41) is 0. The van der Waals surface area contributed by atoms with Crippen molar-refractivity contribution in [2.75, 3.05) is 25.4 Å². The van der Waals surface area contributed by atoms with Crippen LogP contribution in [0, 0.1) is 11.8 Å². The number of rotatable bonds is 5. The van der Waals surface area contributed by atoms with Gasteiger partial charge < -0.3 is 4.90 Å². The molecule has 0 spiro atoms. The van der Waals surface area contributed by atoms with E-state index in [0.717, 1.165) is 17.6 Å². The van der Waals surface area contributed by atoms with E-state index in [4.69, 9.17) is 0 Å². The molecule has 1 heterocycles. The smallest absolute Gasteiger partial charge is 0.000703 e.